The first-order valence-electron chi connectivity index (χ1n) is 10.4. The summed E-state index contributed by atoms with van der Waals surface area (Å²) in [5.74, 6) is -0.477. The Labute approximate surface area is 195 Å². The Bertz CT molecular complexity index is 1330. The molecule has 34 heavy (non-hydrogen) atoms. The number of pyridine rings is 1. The second kappa shape index (κ2) is 9.74. The predicted octanol–water partition coefficient (Wildman–Crippen LogP) is 5.14. The molecular formula is C26H22F2N2O4. The number of rotatable bonds is 7. The topological polar surface area (TPSA) is 69.7 Å². The Morgan fingerprint density at radius 3 is 2.15 bits per heavy atom. The van der Waals surface area contributed by atoms with Crippen molar-refractivity contribution in [3.63, 3.8) is 0 Å². The molecule has 0 fully saturated rings. The minimum Gasteiger partial charge on any atom is -0.493 e. The molecule has 0 aliphatic heterocycles. The number of para-hydroxylation sites is 1. The summed E-state index contributed by atoms with van der Waals surface area (Å²) in [7, 11) is 4.55. The molecule has 0 saturated carbocycles. The highest BCUT2D eigenvalue weighted by Gasteiger charge is 2.18. The number of fused-ring (bicyclic) bond motifs is 1. The van der Waals surface area contributed by atoms with Gasteiger partial charge >= 0.3 is 0 Å². The third-order valence-corrected chi connectivity index (χ3v) is 5.30. The van der Waals surface area contributed by atoms with E-state index in [0.29, 0.717) is 50.5 Å². The van der Waals surface area contributed by atoms with E-state index in [4.69, 9.17) is 19.2 Å². The second-order valence-electron chi connectivity index (χ2n) is 7.45. The summed E-state index contributed by atoms with van der Waals surface area (Å²) in [6.07, 6.45) is 0. The molecule has 0 aliphatic rings. The minimum absolute atomic E-state index is 0.0380. The molecule has 1 N–H and O–H groups in total. The van der Waals surface area contributed by atoms with E-state index in [2.05, 4.69) is 5.32 Å². The van der Waals surface area contributed by atoms with Gasteiger partial charge in [-0.15, -0.1) is 0 Å². The molecule has 0 spiro atoms. The lowest BCUT2D eigenvalue weighted by Crippen LogP contribution is -2.23. The predicted molar refractivity (Wildman–Crippen MR) is 124 cm³/mol. The van der Waals surface area contributed by atoms with Gasteiger partial charge in [-0.2, -0.15) is 0 Å². The van der Waals surface area contributed by atoms with E-state index in [1.54, 1.807) is 30.3 Å². The maximum absolute atomic E-state index is 13.5. The zero-order valence-electron chi connectivity index (χ0n) is 18.8. The fraction of sp³-hybridized carbons (Fsp3) is 0.154. The Hall–Kier alpha value is -4.20. The zero-order valence-corrected chi connectivity index (χ0v) is 18.8. The van der Waals surface area contributed by atoms with Crippen LogP contribution in [0.15, 0.2) is 60.7 Å². The van der Waals surface area contributed by atoms with Crippen LogP contribution in [0.3, 0.4) is 0 Å². The van der Waals surface area contributed by atoms with Gasteiger partial charge in [0.25, 0.3) is 5.91 Å². The summed E-state index contributed by atoms with van der Waals surface area (Å²) in [6.45, 7) is -0.0380. The van der Waals surface area contributed by atoms with Crippen molar-refractivity contribution in [3.05, 3.63) is 83.4 Å². The number of hydrogen-bond acceptors (Lipinski definition) is 5. The molecule has 1 amide bonds. The second-order valence-corrected chi connectivity index (χ2v) is 7.45. The third-order valence-electron chi connectivity index (χ3n) is 5.30. The average Bonchev–Trinajstić information content (AvgIpc) is 2.85. The standard InChI is InChI=1S/C26H22F2N2O4/c1-32-23-10-16(11-24(33-2)25(23)34-3)22-13-20(19-6-4-5-7-21(19)30-22)26(31)29-14-15-8-17(27)12-18(28)9-15/h4-13H,14H2,1-3H3,(H,29,31). The van der Waals surface area contributed by atoms with Gasteiger partial charge in [-0.25, -0.2) is 13.8 Å². The highest BCUT2D eigenvalue weighted by molar-refractivity contribution is 6.07. The van der Waals surface area contributed by atoms with Gasteiger partial charge in [-0.1, -0.05) is 18.2 Å². The molecule has 1 aromatic heterocycles. The molecule has 3 aromatic carbocycles. The van der Waals surface area contributed by atoms with Gasteiger partial charge in [0.2, 0.25) is 5.75 Å². The van der Waals surface area contributed by atoms with Crippen LogP contribution in [0.5, 0.6) is 17.2 Å². The van der Waals surface area contributed by atoms with Crippen LogP contribution in [0.4, 0.5) is 8.78 Å². The lowest BCUT2D eigenvalue weighted by Gasteiger charge is -2.15. The molecule has 4 aromatic rings. The average molecular weight is 464 g/mol. The maximum Gasteiger partial charge on any atom is 0.252 e. The van der Waals surface area contributed by atoms with Crippen molar-refractivity contribution in [2.24, 2.45) is 0 Å². The largest absolute Gasteiger partial charge is 0.493 e. The highest BCUT2D eigenvalue weighted by Crippen LogP contribution is 2.41. The van der Waals surface area contributed by atoms with Gasteiger partial charge in [0.15, 0.2) is 11.5 Å². The quantitative estimate of drug-likeness (QED) is 0.410. The number of nitrogens with one attached hydrogen (secondary N) is 1. The minimum atomic E-state index is -0.705. The Kier molecular flexibility index (Phi) is 6.58. The van der Waals surface area contributed by atoms with Crippen LogP contribution in [-0.2, 0) is 6.54 Å². The molecule has 1 heterocycles. The molecule has 8 heteroatoms. The number of carbonyl (C=O) groups excluding carboxylic acids is 1. The van der Waals surface area contributed by atoms with Gasteiger partial charge in [0.1, 0.15) is 11.6 Å². The molecule has 6 nitrogen and oxygen atoms in total. The van der Waals surface area contributed by atoms with Gasteiger partial charge in [-0.05, 0) is 42.0 Å². The molecular weight excluding hydrogens is 442 g/mol. The summed E-state index contributed by atoms with van der Waals surface area (Å²) in [4.78, 5) is 17.8. The number of amides is 1. The monoisotopic (exact) mass is 464 g/mol. The smallest absolute Gasteiger partial charge is 0.252 e. The van der Waals surface area contributed by atoms with E-state index in [1.807, 2.05) is 12.1 Å². The number of halogens is 2. The Balaban J connectivity index is 1.76. The van der Waals surface area contributed by atoms with Gasteiger partial charge in [0.05, 0.1) is 38.1 Å². The lowest BCUT2D eigenvalue weighted by molar-refractivity contribution is 0.0952. The number of nitrogens with zero attached hydrogens (tertiary/aromatic N) is 1. The summed E-state index contributed by atoms with van der Waals surface area (Å²) in [5.41, 5.74) is 2.46. The zero-order chi connectivity index (χ0) is 24.2. The van der Waals surface area contributed by atoms with Gasteiger partial charge in [-0.3, -0.25) is 4.79 Å². The number of aromatic nitrogens is 1. The van der Waals surface area contributed by atoms with Crippen molar-refractivity contribution >= 4 is 16.8 Å². The van der Waals surface area contributed by atoms with E-state index in [9.17, 15) is 13.6 Å². The van der Waals surface area contributed by atoms with Gasteiger partial charge in [0, 0.05) is 23.6 Å². The summed E-state index contributed by atoms with van der Waals surface area (Å²) in [5, 5.41) is 3.37. The molecule has 0 radical (unpaired) electrons. The van der Waals surface area contributed by atoms with Crippen molar-refractivity contribution < 1.29 is 27.8 Å². The van der Waals surface area contributed by atoms with Crippen molar-refractivity contribution in [1.82, 2.24) is 10.3 Å². The number of hydrogen-bond donors (Lipinski definition) is 1. The number of benzene rings is 3. The van der Waals surface area contributed by atoms with E-state index >= 15 is 0 Å². The summed E-state index contributed by atoms with van der Waals surface area (Å²) >= 11 is 0. The first-order valence-corrected chi connectivity index (χ1v) is 10.4. The highest BCUT2D eigenvalue weighted by atomic mass is 19.1. The van der Waals surface area contributed by atoms with Crippen LogP contribution < -0.4 is 19.5 Å². The van der Waals surface area contributed by atoms with Crippen LogP contribution in [0.2, 0.25) is 0 Å². The first-order chi connectivity index (χ1) is 16.4. The van der Waals surface area contributed by atoms with Crippen molar-refractivity contribution in [2.75, 3.05) is 21.3 Å². The molecule has 0 bridgehead atoms. The molecule has 0 aliphatic carbocycles. The van der Waals surface area contributed by atoms with E-state index in [0.717, 1.165) is 6.07 Å². The van der Waals surface area contributed by atoms with Crippen molar-refractivity contribution in [3.8, 4) is 28.5 Å². The number of methoxy groups -OCH3 is 3. The fourth-order valence-electron chi connectivity index (χ4n) is 3.73. The Morgan fingerprint density at radius 2 is 1.53 bits per heavy atom. The maximum atomic E-state index is 13.5. The summed E-state index contributed by atoms with van der Waals surface area (Å²) < 4.78 is 43.3. The lowest BCUT2D eigenvalue weighted by atomic mass is 10.0. The normalized spacial score (nSPS) is 10.7. The molecule has 0 unspecified atom stereocenters. The van der Waals surface area contributed by atoms with E-state index < -0.39 is 17.5 Å². The number of ether oxygens (including phenoxy) is 3. The van der Waals surface area contributed by atoms with Gasteiger partial charge < -0.3 is 19.5 Å². The molecule has 4 rings (SSSR count). The number of carbonyl (C=O) groups is 1. The van der Waals surface area contributed by atoms with E-state index in [-0.39, 0.29) is 6.54 Å². The molecule has 0 atom stereocenters. The van der Waals surface area contributed by atoms with E-state index in [1.165, 1.54) is 33.5 Å². The van der Waals surface area contributed by atoms with Crippen molar-refractivity contribution in [2.45, 2.75) is 6.54 Å². The first kappa shape index (κ1) is 23.0. The molecule has 0 saturated heterocycles. The molecule has 174 valence electrons. The fourth-order valence-corrected chi connectivity index (χ4v) is 3.73. The van der Waals surface area contributed by atoms with Crippen LogP contribution >= 0.6 is 0 Å². The van der Waals surface area contributed by atoms with Crippen LogP contribution in [0, 0.1) is 11.6 Å². The van der Waals surface area contributed by atoms with Crippen LogP contribution in [0.25, 0.3) is 22.2 Å². The SMILES string of the molecule is COc1cc(-c2cc(C(=O)NCc3cc(F)cc(F)c3)c3ccccc3n2)cc(OC)c1OC. The van der Waals surface area contributed by atoms with Crippen molar-refractivity contribution in [1.29, 1.82) is 0 Å². The van der Waals surface area contributed by atoms with Crippen LogP contribution in [0.1, 0.15) is 15.9 Å². The third kappa shape index (κ3) is 4.61. The Morgan fingerprint density at radius 1 is 0.882 bits per heavy atom. The summed E-state index contributed by atoms with van der Waals surface area (Å²) in [6, 6.07) is 15.5. The van der Waals surface area contributed by atoms with Crippen LogP contribution in [-0.4, -0.2) is 32.2 Å².